The Labute approximate surface area is 187 Å². The highest BCUT2D eigenvalue weighted by molar-refractivity contribution is 5.86. The molecule has 0 saturated carbocycles. The minimum atomic E-state index is -0.985. The van der Waals surface area contributed by atoms with Crippen LogP contribution in [0.3, 0.4) is 0 Å². The summed E-state index contributed by atoms with van der Waals surface area (Å²) >= 11 is 0. The first kappa shape index (κ1) is 23.1. The molecule has 0 heterocycles. The van der Waals surface area contributed by atoms with Gasteiger partial charge in [0.2, 0.25) is 5.91 Å². The van der Waals surface area contributed by atoms with Crippen LogP contribution >= 0.6 is 0 Å². The Morgan fingerprint density at radius 3 is 2.25 bits per heavy atom. The van der Waals surface area contributed by atoms with Gasteiger partial charge >= 0.3 is 12.1 Å². The van der Waals surface area contributed by atoms with Crippen molar-refractivity contribution in [2.24, 2.45) is 0 Å². The zero-order valence-corrected chi connectivity index (χ0v) is 18.1. The second-order valence-corrected chi connectivity index (χ2v) is 7.61. The van der Waals surface area contributed by atoms with Crippen LogP contribution in [0.2, 0.25) is 0 Å². The van der Waals surface area contributed by atoms with Crippen molar-refractivity contribution in [1.29, 1.82) is 0 Å². The van der Waals surface area contributed by atoms with Crippen molar-refractivity contribution < 1.29 is 24.2 Å². The van der Waals surface area contributed by atoms with Crippen LogP contribution in [0.5, 0.6) is 0 Å². The van der Waals surface area contributed by atoms with Crippen LogP contribution in [0, 0.1) is 0 Å². The van der Waals surface area contributed by atoms with E-state index in [1.165, 1.54) is 11.0 Å². The van der Waals surface area contributed by atoms with Gasteiger partial charge in [0.15, 0.2) is 0 Å². The fourth-order valence-corrected chi connectivity index (χ4v) is 4.05. The van der Waals surface area contributed by atoms with E-state index in [1.54, 1.807) is 6.92 Å². The Hall–Kier alpha value is -3.61. The Balaban J connectivity index is 1.65. The highest BCUT2D eigenvalue weighted by Gasteiger charge is 2.30. The van der Waals surface area contributed by atoms with Gasteiger partial charge in [-0.05, 0) is 35.6 Å². The number of alkyl carbamates (subject to hydrolysis) is 1. The minimum Gasteiger partial charge on any atom is -0.481 e. The number of fused-ring (bicyclic) bond motifs is 3. The van der Waals surface area contributed by atoms with Crippen LogP contribution in [-0.4, -0.2) is 53.7 Å². The van der Waals surface area contributed by atoms with Gasteiger partial charge in [-0.1, -0.05) is 54.6 Å². The summed E-state index contributed by atoms with van der Waals surface area (Å²) in [6.45, 7) is 5.97. The fourth-order valence-electron chi connectivity index (χ4n) is 4.05. The summed E-state index contributed by atoms with van der Waals surface area (Å²) in [6.07, 6.45) is 0.899. The molecule has 168 valence electrons. The van der Waals surface area contributed by atoms with Crippen molar-refractivity contribution >= 4 is 18.0 Å². The molecule has 7 nitrogen and oxygen atoms in total. The number of benzene rings is 2. The van der Waals surface area contributed by atoms with Gasteiger partial charge in [0.05, 0.1) is 6.42 Å². The number of hydrogen-bond acceptors (Lipinski definition) is 4. The molecule has 2 aromatic carbocycles. The standard InChI is InChI=1S/C25H28N2O5/c1-3-9-22(24(30)27(4-2)15-14-23(28)29)26-25(31)32-16-21-19-12-7-5-10-17(19)18-11-6-8-13-20(18)21/h3,5-8,10-13,21-22H,1,4,9,14-16H2,2H3,(H,26,31)(H,28,29). The Morgan fingerprint density at radius 1 is 1.12 bits per heavy atom. The molecule has 1 aliphatic rings. The van der Waals surface area contributed by atoms with E-state index >= 15 is 0 Å². The van der Waals surface area contributed by atoms with Gasteiger partial charge < -0.3 is 20.1 Å². The average molecular weight is 437 g/mol. The second kappa shape index (κ2) is 10.6. The van der Waals surface area contributed by atoms with Crippen LogP contribution < -0.4 is 5.32 Å². The van der Waals surface area contributed by atoms with E-state index < -0.39 is 18.1 Å². The number of likely N-dealkylation sites (N-methyl/N-ethyl adjacent to an activating group) is 1. The first-order chi connectivity index (χ1) is 15.5. The highest BCUT2D eigenvalue weighted by Crippen LogP contribution is 2.44. The summed E-state index contributed by atoms with van der Waals surface area (Å²) < 4.78 is 5.53. The quantitative estimate of drug-likeness (QED) is 0.553. The molecule has 3 rings (SSSR count). The molecule has 2 N–H and O–H groups in total. The van der Waals surface area contributed by atoms with Gasteiger partial charge in [-0.25, -0.2) is 4.79 Å². The maximum atomic E-state index is 12.8. The molecule has 0 fully saturated rings. The molecule has 7 heteroatoms. The van der Waals surface area contributed by atoms with Crippen molar-refractivity contribution in [3.8, 4) is 11.1 Å². The predicted octanol–water partition coefficient (Wildman–Crippen LogP) is 3.79. The molecule has 0 aliphatic heterocycles. The number of carbonyl (C=O) groups excluding carboxylic acids is 2. The monoisotopic (exact) mass is 436 g/mol. The number of amides is 2. The van der Waals surface area contributed by atoms with Gasteiger partial charge in [-0.2, -0.15) is 0 Å². The molecule has 0 radical (unpaired) electrons. The topological polar surface area (TPSA) is 95.9 Å². The molecule has 2 amide bonds. The van der Waals surface area contributed by atoms with Crippen molar-refractivity contribution in [2.75, 3.05) is 19.7 Å². The number of rotatable bonds is 10. The van der Waals surface area contributed by atoms with Gasteiger partial charge in [-0.3, -0.25) is 9.59 Å². The summed E-state index contributed by atoms with van der Waals surface area (Å²) in [4.78, 5) is 37.6. The van der Waals surface area contributed by atoms with Crippen LogP contribution in [0.4, 0.5) is 4.79 Å². The Morgan fingerprint density at radius 2 is 1.72 bits per heavy atom. The molecule has 1 unspecified atom stereocenters. The van der Waals surface area contributed by atoms with Gasteiger partial charge in [-0.15, -0.1) is 6.58 Å². The van der Waals surface area contributed by atoms with E-state index in [1.807, 2.05) is 36.4 Å². The summed E-state index contributed by atoms with van der Waals surface area (Å²) in [6, 6.07) is 15.2. The third-order valence-electron chi connectivity index (χ3n) is 5.63. The second-order valence-electron chi connectivity index (χ2n) is 7.61. The van der Waals surface area contributed by atoms with Crippen LogP contribution in [0.25, 0.3) is 11.1 Å². The minimum absolute atomic E-state index is 0.0741. The van der Waals surface area contributed by atoms with Crippen LogP contribution in [0.1, 0.15) is 36.8 Å². The molecule has 0 bridgehead atoms. The first-order valence-corrected chi connectivity index (χ1v) is 10.7. The normalized spacial score (nSPS) is 12.9. The zero-order valence-electron chi connectivity index (χ0n) is 18.1. The average Bonchev–Trinajstić information content (AvgIpc) is 3.11. The predicted molar refractivity (Wildman–Crippen MR) is 121 cm³/mol. The number of ether oxygens (including phenoxy) is 1. The number of carboxylic acids is 1. The van der Waals surface area contributed by atoms with Crippen molar-refractivity contribution in [3.63, 3.8) is 0 Å². The number of nitrogens with one attached hydrogen (secondary N) is 1. The zero-order chi connectivity index (χ0) is 23.1. The molecule has 1 aliphatic carbocycles. The maximum Gasteiger partial charge on any atom is 0.407 e. The molecule has 0 saturated heterocycles. The number of aliphatic carboxylic acids is 1. The van der Waals surface area contributed by atoms with E-state index in [-0.39, 0.29) is 37.8 Å². The van der Waals surface area contributed by atoms with E-state index in [0.29, 0.717) is 6.54 Å². The van der Waals surface area contributed by atoms with Gasteiger partial charge in [0.1, 0.15) is 12.6 Å². The molecular formula is C25H28N2O5. The third kappa shape index (κ3) is 5.17. The first-order valence-electron chi connectivity index (χ1n) is 10.7. The third-order valence-corrected chi connectivity index (χ3v) is 5.63. The molecule has 1 atom stereocenters. The number of nitrogens with zero attached hydrogens (tertiary/aromatic N) is 1. The summed E-state index contributed by atoms with van der Waals surface area (Å²) in [5.74, 6) is -1.42. The molecule has 2 aromatic rings. The molecule has 0 aromatic heterocycles. The summed E-state index contributed by atoms with van der Waals surface area (Å²) in [5.41, 5.74) is 4.47. The van der Waals surface area contributed by atoms with E-state index in [2.05, 4.69) is 24.0 Å². The number of hydrogen-bond donors (Lipinski definition) is 2. The van der Waals surface area contributed by atoms with Crippen LogP contribution in [-0.2, 0) is 14.3 Å². The van der Waals surface area contributed by atoms with Crippen molar-refractivity contribution in [2.45, 2.75) is 31.7 Å². The Kier molecular flexibility index (Phi) is 7.65. The largest absolute Gasteiger partial charge is 0.481 e. The molecule has 32 heavy (non-hydrogen) atoms. The fraction of sp³-hybridized carbons (Fsp3) is 0.320. The van der Waals surface area contributed by atoms with Crippen LogP contribution in [0.15, 0.2) is 61.2 Å². The van der Waals surface area contributed by atoms with Crippen molar-refractivity contribution in [1.82, 2.24) is 10.2 Å². The number of carbonyl (C=O) groups is 3. The summed E-state index contributed by atoms with van der Waals surface area (Å²) in [7, 11) is 0. The lowest BCUT2D eigenvalue weighted by Gasteiger charge is -2.26. The highest BCUT2D eigenvalue weighted by atomic mass is 16.5. The lowest BCUT2D eigenvalue weighted by atomic mass is 9.98. The van der Waals surface area contributed by atoms with Gasteiger partial charge in [0.25, 0.3) is 0 Å². The number of carboxylic acid groups (broad SMARTS) is 1. The molecular weight excluding hydrogens is 408 g/mol. The lowest BCUT2D eigenvalue weighted by Crippen LogP contribution is -2.49. The van der Waals surface area contributed by atoms with E-state index in [0.717, 1.165) is 22.3 Å². The van der Waals surface area contributed by atoms with E-state index in [9.17, 15) is 14.4 Å². The smallest absolute Gasteiger partial charge is 0.407 e. The summed E-state index contributed by atoms with van der Waals surface area (Å²) in [5, 5.41) is 11.5. The SMILES string of the molecule is C=CCC(NC(=O)OCC1c2ccccc2-c2ccccc21)C(=O)N(CC)CCC(=O)O. The maximum absolute atomic E-state index is 12.8. The van der Waals surface area contributed by atoms with Gasteiger partial charge in [0, 0.05) is 19.0 Å². The lowest BCUT2D eigenvalue weighted by molar-refractivity contribution is -0.139. The Bertz CT molecular complexity index is 958. The van der Waals surface area contributed by atoms with E-state index in [4.69, 9.17) is 9.84 Å². The molecule has 0 spiro atoms. The van der Waals surface area contributed by atoms with Crippen molar-refractivity contribution in [3.05, 3.63) is 72.3 Å².